The van der Waals surface area contributed by atoms with Gasteiger partial charge in [-0.2, -0.15) is 0 Å². The summed E-state index contributed by atoms with van der Waals surface area (Å²) in [4.78, 5) is 0. The summed E-state index contributed by atoms with van der Waals surface area (Å²) in [6, 6.07) is 13.9. The van der Waals surface area contributed by atoms with Crippen LogP contribution in [0.4, 0.5) is 0 Å². The molecule has 0 fully saturated rings. The monoisotopic (exact) mass is 271 g/mol. The van der Waals surface area contributed by atoms with Crippen molar-refractivity contribution in [3.63, 3.8) is 0 Å². The lowest BCUT2D eigenvalue weighted by Crippen LogP contribution is -2.08. The van der Waals surface area contributed by atoms with E-state index in [1.165, 1.54) is 5.56 Å². The fourth-order valence-electron chi connectivity index (χ4n) is 2.08. The normalized spacial score (nSPS) is 12.0. The lowest BCUT2D eigenvalue weighted by atomic mass is 10.1. The molecule has 0 radical (unpaired) electrons. The minimum absolute atomic E-state index is 0.0461. The largest absolute Gasteiger partial charge is 0.497 e. The fraction of sp³-hybridized carbons (Fsp3) is 0.294. The van der Waals surface area contributed by atoms with Crippen LogP contribution in [-0.4, -0.2) is 7.11 Å². The van der Waals surface area contributed by atoms with Crippen LogP contribution in [0.15, 0.2) is 42.5 Å². The molecule has 2 N–H and O–H groups in total. The van der Waals surface area contributed by atoms with Crippen LogP contribution in [0.2, 0.25) is 0 Å². The van der Waals surface area contributed by atoms with Gasteiger partial charge in [0.25, 0.3) is 0 Å². The van der Waals surface area contributed by atoms with E-state index in [4.69, 9.17) is 15.2 Å². The Labute approximate surface area is 120 Å². The number of aryl methyl sites for hydroxylation is 1. The van der Waals surface area contributed by atoms with Gasteiger partial charge in [0.2, 0.25) is 0 Å². The summed E-state index contributed by atoms with van der Waals surface area (Å²) < 4.78 is 11.1. The predicted molar refractivity (Wildman–Crippen MR) is 81.1 cm³/mol. The molecule has 3 heteroatoms. The van der Waals surface area contributed by atoms with Gasteiger partial charge in [0.15, 0.2) is 0 Å². The maximum absolute atomic E-state index is 6.00. The van der Waals surface area contributed by atoms with Gasteiger partial charge >= 0.3 is 0 Å². The zero-order valence-electron chi connectivity index (χ0n) is 12.2. The summed E-state index contributed by atoms with van der Waals surface area (Å²) in [7, 11) is 1.66. The summed E-state index contributed by atoms with van der Waals surface area (Å²) in [5.41, 5.74) is 9.29. The highest BCUT2D eigenvalue weighted by Crippen LogP contribution is 2.26. The van der Waals surface area contributed by atoms with Gasteiger partial charge in [-0.05, 0) is 37.6 Å². The van der Waals surface area contributed by atoms with E-state index in [1.54, 1.807) is 7.11 Å². The summed E-state index contributed by atoms with van der Waals surface area (Å²) >= 11 is 0. The molecule has 2 aromatic rings. The SMILES string of the molecule is COc1cccc(COc2ccc(C)cc2C(C)N)c1. The molecule has 0 aliphatic rings. The first-order valence-electron chi connectivity index (χ1n) is 6.72. The quantitative estimate of drug-likeness (QED) is 0.903. The first-order valence-corrected chi connectivity index (χ1v) is 6.72. The van der Waals surface area contributed by atoms with E-state index in [1.807, 2.05) is 43.3 Å². The Bertz CT molecular complexity index is 579. The van der Waals surface area contributed by atoms with Crippen molar-refractivity contribution in [3.8, 4) is 11.5 Å². The molecule has 3 nitrogen and oxygen atoms in total. The van der Waals surface area contributed by atoms with E-state index in [2.05, 4.69) is 13.0 Å². The Balaban J connectivity index is 2.14. The topological polar surface area (TPSA) is 44.5 Å². The Morgan fingerprint density at radius 2 is 1.95 bits per heavy atom. The number of hydrogen-bond donors (Lipinski definition) is 1. The smallest absolute Gasteiger partial charge is 0.124 e. The van der Waals surface area contributed by atoms with Crippen LogP contribution in [0.5, 0.6) is 11.5 Å². The third-order valence-corrected chi connectivity index (χ3v) is 3.18. The van der Waals surface area contributed by atoms with Gasteiger partial charge in [0, 0.05) is 11.6 Å². The average molecular weight is 271 g/mol. The van der Waals surface area contributed by atoms with Crippen LogP contribution in [0, 0.1) is 6.92 Å². The predicted octanol–water partition coefficient (Wildman–Crippen LogP) is 3.60. The molecule has 0 saturated carbocycles. The molecule has 20 heavy (non-hydrogen) atoms. The minimum Gasteiger partial charge on any atom is -0.497 e. The Hall–Kier alpha value is -2.00. The Kier molecular flexibility index (Phi) is 4.64. The van der Waals surface area contributed by atoms with E-state index in [-0.39, 0.29) is 6.04 Å². The lowest BCUT2D eigenvalue weighted by Gasteiger charge is -2.15. The number of methoxy groups -OCH3 is 1. The van der Waals surface area contributed by atoms with Crippen LogP contribution in [-0.2, 0) is 6.61 Å². The molecule has 0 aliphatic heterocycles. The molecule has 0 saturated heterocycles. The number of hydrogen-bond acceptors (Lipinski definition) is 3. The lowest BCUT2D eigenvalue weighted by molar-refractivity contribution is 0.300. The molecule has 106 valence electrons. The standard InChI is InChI=1S/C17H21NO2/c1-12-7-8-17(16(9-12)13(2)18)20-11-14-5-4-6-15(10-14)19-3/h4-10,13H,11,18H2,1-3H3. The van der Waals surface area contributed by atoms with Gasteiger partial charge in [-0.3, -0.25) is 0 Å². The van der Waals surface area contributed by atoms with E-state index in [0.717, 1.165) is 22.6 Å². The van der Waals surface area contributed by atoms with Gasteiger partial charge in [-0.1, -0.05) is 29.8 Å². The fourth-order valence-corrected chi connectivity index (χ4v) is 2.08. The van der Waals surface area contributed by atoms with Crippen molar-refractivity contribution in [1.82, 2.24) is 0 Å². The number of nitrogens with two attached hydrogens (primary N) is 1. The average Bonchev–Trinajstić information content (AvgIpc) is 2.46. The van der Waals surface area contributed by atoms with Crippen molar-refractivity contribution in [2.24, 2.45) is 5.73 Å². The summed E-state index contributed by atoms with van der Waals surface area (Å²) in [6.07, 6.45) is 0. The molecule has 2 rings (SSSR count). The van der Waals surface area contributed by atoms with Crippen LogP contribution in [0.25, 0.3) is 0 Å². The Morgan fingerprint density at radius 1 is 1.15 bits per heavy atom. The van der Waals surface area contributed by atoms with Crippen LogP contribution in [0.1, 0.15) is 29.7 Å². The van der Waals surface area contributed by atoms with Crippen molar-refractivity contribution in [2.75, 3.05) is 7.11 Å². The second-order valence-electron chi connectivity index (χ2n) is 4.97. The third-order valence-electron chi connectivity index (χ3n) is 3.18. The first-order chi connectivity index (χ1) is 9.60. The first kappa shape index (κ1) is 14.4. The van der Waals surface area contributed by atoms with E-state index in [9.17, 15) is 0 Å². The molecule has 0 heterocycles. The summed E-state index contributed by atoms with van der Waals surface area (Å²) in [5.74, 6) is 1.68. The molecule has 0 bridgehead atoms. The van der Waals surface area contributed by atoms with Gasteiger partial charge in [0.05, 0.1) is 7.11 Å². The number of rotatable bonds is 5. The molecular formula is C17H21NO2. The van der Waals surface area contributed by atoms with Crippen LogP contribution < -0.4 is 15.2 Å². The number of ether oxygens (including phenoxy) is 2. The van der Waals surface area contributed by atoms with Gasteiger partial charge < -0.3 is 15.2 Å². The molecule has 2 aromatic carbocycles. The zero-order valence-corrected chi connectivity index (χ0v) is 12.2. The maximum atomic E-state index is 6.00. The van der Waals surface area contributed by atoms with Crippen molar-refractivity contribution in [1.29, 1.82) is 0 Å². The maximum Gasteiger partial charge on any atom is 0.124 e. The molecule has 0 spiro atoms. The highest BCUT2D eigenvalue weighted by atomic mass is 16.5. The molecule has 0 aliphatic carbocycles. The minimum atomic E-state index is -0.0461. The van der Waals surface area contributed by atoms with Gasteiger partial charge in [0.1, 0.15) is 18.1 Å². The Morgan fingerprint density at radius 3 is 2.65 bits per heavy atom. The molecule has 0 aromatic heterocycles. The van der Waals surface area contributed by atoms with Crippen molar-refractivity contribution in [3.05, 3.63) is 59.2 Å². The molecular weight excluding hydrogens is 250 g/mol. The molecule has 0 amide bonds. The van der Waals surface area contributed by atoms with Gasteiger partial charge in [-0.15, -0.1) is 0 Å². The van der Waals surface area contributed by atoms with Crippen molar-refractivity contribution >= 4 is 0 Å². The highest BCUT2D eigenvalue weighted by Gasteiger charge is 2.08. The van der Waals surface area contributed by atoms with E-state index in [0.29, 0.717) is 6.61 Å². The molecule has 1 unspecified atom stereocenters. The van der Waals surface area contributed by atoms with Crippen molar-refractivity contribution in [2.45, 2.75) is 26.5 Å². The highest BCUT2D eigenvalue weighted by molar-refractivity contribution is 5.39. The van der Waals surface area contributed by atoms with Crippen LogP contribution >= 0.6 is 0 Å². The van der Waals surface area contributed by atoms with Crippen molar-refractivity contribution < 1.29 is 9.47 Å². The zero-order chi connectivity index (χ0) is 14.5. The third kappa shape index (κ3) is 3.52. The summed E-state index contributed by atoms with van der Waals surface area (Å²) in [6.45, 7) is 4.52. The second-order valence-corrected chi connectivity index (χ2v) is 4.97. The second kappa shape index (κ2) is 6.44. The van der Waals surface area contributed by atoms with E-state index >= 15 is 0 Å². The summed E-state index contributed by atoms with van der Waals surface area (Å²) in [5, 5.41) is 0. The van der Waals surface area contributed by atoms with Crippen LogP contribution in [0.3, 0.4) is 0 Å². The van der Waals surface area contributed by atoms with E-state index < -0.39 is 0 Å². The number of benzene rings is 2. The molecule has 1 atom stereocenters. The van der Waals surface area contributed by atoms with Gasteiger partial charge in [-0.25, -0.2) is 0 Å².